The van der Waals surface area contributed by atoms with Crippen molar-refractivity contribution >= 4 is 0 Å². The second kappa shape index (κ2) is 5.63. The van der Waals surface area contributed by atoms with E-state index in [2.05, 4.69) is 35.2 Å². The molecule has 1 saturated heterocycles. The summed E-state index contributed by atoms with van der Waals surface area (Å²) in [5, 5.41) is 9.20. The maximum atomic E-state index is 9.20. The Morgan fingerprint density at radius 1 is 1.42 bits per heavy atom. The Bertz CT molecular complexity index is 420. The number of aromatic nitrogens is 2. The normalized spacial score (nSPS) is 21.8. The predicted octanol–water partition coefficient (Wildman–Crippen LogP) is 2.19. The van der Waals surface area contributed by atoms with Gasteiger partial charge in [0.15, 0.2) is 0 Å². The van der Waals surface area contributed by atoms with E-state index in [1.165, 1.54) is 19.4 Å². The molecule has 2 rings (SSSR count). The summed E-state index contributed by atoms with van der Waals surface area (Å²) in [6.45, 7) is 12.4. The molecule has 1 atom stereocenters. The van der Waals surface area contributed by atoms with Gasteiger partial charge in [-0.3, -0.25) is 4.90 Å². The SMILES string of the molecule is Cc1c(CO)ncn1CC1CCCN(C(C)(C)C)C1. The van der Waals surface area contributed by atoms with Crippen LogP contribution in [0.3, 0.4) is 0 Å². The van der Waals surface area contributed by atoms with E-state index >= 15 is 0 Å². The van der Waals surface area contributed by atoms with Crippen LogP contribution in [0.2, 0.25) is 0 Å². The highest BCUT2D eigenvalue weighted by molar-refractivity contribution is 5.09. The summed E-state index contributed by atoms with van der Waals surface area (Å²) in [6.07, 6.45) is 4.44. The molecule has 19 heavy (non-hydrogen) atoms. The summed E-state index contributed by atoms with van der Waals surface area (Å²) in [7, 11) is 0. The summed E-state index contributed by atoms with van der Waals surface area (Å²) >= 11 is 0. The van der Waals surface area contributed by atoms with Crippen molar-refractivity contribution in [1.82, 2.24) is 14.5 Å². The second-order valence-corrected chi connectivity index (χ2v) is 6.71. The van der Waals surface area contributed by atoms with Crippen molar-refractivity contribution in [3.8, 4) is 0 Å². The molecular formula is C15H27N3O. The van der Waals surface area contributed by atoms with Crippen LogP contribution in [0.15, 0.2) is 6.33 Å². The highest BCUT2D eigenvalue weighted by atomic mass is 16.3. The van der Waals surface area contributed by atoms with E-state index in [1.54, 1.807) is 0 Å². The Morgan fingerprint density at radius 3 is 2.74 bits per heavy atom. The van der Waals surface area contributed by atoms with Gasteiger partial charge in [-0.15, -0.1) is 0 Å². The van der Waals surface area contributed by atoms with Crippen LogP contribution in [-0.2, 0) is 13.2 Å². The highest BCUT2D eigenvalue weighted by Crippen LogP contribution is 2.25. The van der Waals surface area contributed by atoms with Gasteiger partial charge in [0.25, 0.3) is 0 Å². The minimum Gasteiger partial charge on any atom is -0.390 e. The number of piperidine rings is 1. The number of hydrogen-bond donors (Lipinski definition) is 1. The van der Waals surface area contributed by atoms with Gasteiger partial charge in [0.1, 0.15) is 0 Å². The molecule has 4 nitrogen and oxygen atoms in total. The van der Waals surface area contributed by atoms with E-state index in [-0.39, 0.29) is 12.1 Å². The van der Waals surface area contributed by atoms with Gasteiger partial charge in [-0.1, -0.05) is 0 Å². The van der Waals surface area contributed by atoms with Crippen molar-refractivity contribution in [1.29, 1.82) is 0 Å². The molecule has 1 N–H and O–H groups in total. The molecule has 0 aromatic carbocycles. The molecule has 0 radical (unpaired) electrons. The van der Waals surface area contributed by atoms with Crippen LogP contribution in [0.1, 0.15) is 45.0 Å². The lowest BCUT2D eigenvalue weighted by Crippen LogP contribution is -2.47. The van der Waals surface area contributed by atoms with Gasteiger partial charge >= 0.3 is 0 Å². The predicted molar refractivity (Wildman–Crippen MR) is 76.9 cm³/mol. The number of hydrogen-bond acceptors (Lipinski definition) is 3. The number of imidazole rings is 1. The standard InChI is InChI=1S/C15H27N3O/c1-12-14(10-19)16-11-17(12)8-13-6-5-7-18(9-13)15(2,3)4/h11,13,19H,5-10H2,1-4H3. The molecule has 1 aliphatic heterocycles. The van der Waals surface area contributed by atoms with E-state index in [4.69, 9.17) is 0 Å². The molecule has 0 bridgehead atoms. The number of aliphatic hydroxyl groups excluding tert-OH is 1. The van der Waals surface area contributed by atoms with Gasteiger partial charge in [-0.2, -0.15) is 0 Å². The van der Waals surface area contributed by atoms with E-state index < -0.39 is 0 Å². The third kappa shape index (κ3) is 3.37. The zero-order valence-corrected chi connectivity index (χ0v) is 12.7. The zero-order valence-electron chi connectivity index (χ0n) is 12.7. The summed E-state index contributed by atoms with van der Waals surface area (Å²) in [5.74, 6) is 0.687. The van der Waals surface area contributed by atoms with Crippen molar-refractivity contribution < 1.29 is 5.11 Å². The number of likely N-dealkylation sites (tertiary alicyclic amines) is 1. The van der Waals surface area contributed by atoms with Crippen LogP contribution in [-0.4, -0.2) is 38.2 Å². The monoisotopic (exact) mass is 265 g/mol. The lowest BCUT2D eigenvalue weighted by atomic mass is 9.93. The van der Waals surface area contributed by atoms with Crippen LogP contribution in [0, 0.1) is 12.8 Å². The fourth-order valence-corrected chi connectivity index (χ4v) is 2.93. The minimum absolute atomic E-state index is 0.0393. The molecule has 1 aliphatic rings. The van der Waals surface area contributed by atoms with Crippen molar-refractivity contribution in [2.45, 2.75) is 59.2 Å². The first kappa shape index (κ1) is 14.5. The molecule has 1 fully saturated rings. The summed E-state index contributed by atoms with van der Waals surface area (Å²) in [5.41, 5.74) is 2.18. The van der Waals surface area contributed by atoms with Gasteiger partial charge in [0.2, 0.25) is 0 Å². The molecule has 1 unspecified atom stereocenters. The minimum atomic E-state index is 0.0393. The van der Waals surface area contributed by atoms with Crippen LogP contribution >= 0.6 is 0 Å². The highest BCUT2D eigenvalue weighted by Gasteiger charge is 2.28. The maximum absolute atomic E-state index is 9.20. The maximum Gasteiger partial charge on any atom is 0.0952 e. The van der Waals surface area contributed by atoms with Crippen molar-refractivity contribution in [2.24, 2.45) is 5.92 Å². The molecule has 1 aromatic heterocycles. The molecule has 2 heterocycles. The topological polar surface area (TPSA) is 41.3 Å². The average Bonchev–Trinajstić information content (AvgIpc) is 2.70. The Hall–Kier alpha value is -0.870. The van der Waals surface area contributed by atoms with Gasteiger partial charge in [-0.25, -0.2) is 4.98 Å². The molecule has 0 amide bonds. The molecule has 0 spiro atoms. The van der Waals surface area contributed by atoms with E-state index in [0.29, 0.717) is 5.92 Å². The third-order valence-corrected chi connectivity index (χ3v) is 4.27. The lowest BCUT2D eigenvalue weighted by molar-refractivity contribution is 0.0732. The summed E-state index contributed by atoms with van der Waals surface area (Å²) in [6, 6.07) is 0. The van der Waals surface area contributed by atoms with Crippen LogP contribution in [0.4, 0.5) is 0 Å². The number of aliphatic hydroxyl groups is 1. The van der Waals surface area contributed by atoms with Crippen molar-refractivity contribution in [2.75, 3.05) is 13.1 Å². The molecule has 108 valence electrons. The van der Waals surface area contributed by atoms with Gasteiger partial charge in [-0.05, 0) is 53.0 Å². The second-order valence-electron chi connectivity index (χ2n) is 6.71. The Morgan fingerprint density at radius 2 is 2.16 bits per heavy atom. The first-order valence-electron chi connectivity index (χ1n) is 7.28. The molecule has 0 saturated carbocycles. The quantitative estimate of drug-likeness (QED) is 0.911. The first-order valence-corrected chi connectivity index (χ1v) is 7.28. The number of rotatable bonds is 3. The Labute approximate surface area is 116 Å². The van der Waals surface area contributed by atoms with E-state index in [1.807, 2.05) is 13.3 Å². The summed E-state index contributed by atoms with van der Waals surface area (Å²) in [4.78, 5) is 6.85. The summed E-state index contributed by atoms with van der Waals surface area (Å²) < 4.78 is 2.20. The third-order valence-electron chi connectivity index (χ3n) is 4.27. The van der Waals surface area contributed by atoms with Crippen molar-refractivity contribution in [3.05, 3.63) is 17.7 Å². The zero-order chi connectivity index (χ0) is 14.0. The van der Waals surface area contributed by atoms with Crippen LogP contribution in [0.25, 0.3) is 0 Å². The lowest BCUT2D eigenvalue weighted by Gasteiger charge is -2.41. The first-order chi connectivity index (χ1) is 8.91. The van der Waals surface area contributed by atoms with Gasteiger partial charge < -0.3 is 9.67 Å². The van der Waals surface area contributed by atoms with Crippen molar-refractivity contribution in [3.63, 3.8) is 0 Å². The van der Waals surface area contributed by atoms with Gasteiger partial charge in [0, 0.05) is 24.3 Å². The molecule has 0 aliphatic carbocycles. The Kier molecular flexibility index (Phi) is 4.31. The van der Waals surface area contributed by atoms with E-state index in [9.17, 15) is 5.11 Å². The molecule has 1 aromatic rings. The molecule has 4 heteroatoms. The van der Waals surface area contributed by atoms with Crippen LogP contribution in [0.5, 0.6) is 0 Å². The smallest absolute Gasteiger partial charge is 0.0952 e. The number of nitrogens with zero attached hydrogens (tertiary/aromatic N) is 3. The largest absolute Gasteiger partial charge is 0.390 e. The fraction of sp³-hybridized carbons (Fsp3) is 0.800. The van der Waals surface area contributed by atoms with Gasteiger partial charge in [0.05, 0.1) is 18.6 Å². The molecular weight excluding hydrogens is 238 g/mol. The Balaban J connectivity index is 2.01. The van der Waals surface area contributed by atoms with E-state index in [0.717, 1.165) is 24.5 Å². The fourth-order valence-electron chi connectivity index (χ4n) is 2.93. The average molecular weight is 265 g/mol. The van der Waals surface area contributed by atoms with Crippen LogP contribution < -0.4 is 0 Å².